The van der Waals surface area contributed by atoms with E-state index in [1.807, 2.05) is 29.2 Å². The second-order valence-corrected chi connectivity index (χ2v) is 8.08. The summed E-state index contributed by atoms with van der Waals surface area (Å²) in [6.07, 6.45) is 0. The highest BCUT2D eigenvalue weighted by molar-refractivity contribution is 6.30. The van der Waals surface area contributed by atoms with Gasteiger partial charge in [-0.25, -0.2) is 0 Å². The molecule has 0 spiro atoms. The van der Waals surface area contributed by atoms with Crippen LogP contribution in [0, 0.1) is 5.92 Å². The summed E-state index contributed by atoms with van der Waals surface area (Å²) in [6, 6.07) is 14.7. The Kier molecular flexibility index (Phi) is 6.25. The number of benzene rings is 2. The molecule has 7 heteroatoms. The Morgan fingerprint density at radius 2 is 1.80 bits per heavy atom. The van der Waals surface area contributed by atoms with Crippen molar-refractivity contribution in [2.24, 2.45) is 5.92 Å². The van der Waals surface area contributed by atoms with Crippen LogP contribution in [0.1, 0.15) is 21.8 Å². The van der Waals surface area contributed by atoms with Crippen molar-refractivity contribution in [2.45, 2.75) is 5.92 Å². The van der Waals surface area contributed by atoms with Gasteiger partial charge in [-0.3, -0.25) is 9.59 Å². The summed E-state index contributed by atoms with van der Waals surface area (Å²) in [4.78, 5) is 30.1. The minimum atomic E-state index is -0.307. The molecule has 0 aliphatic carbocycles. The first-order valence-corrected chi connectivity index (χ1v) is 10.5. The molecule has 2 saturated heterocycles. The van der Waals surface area contributed by atoms with Crippen LogP contribution < -0.4 is 4.74 Å². The number of hydrogen-bond acceptors (Lipinski definition) is 4. The van der Waals surface area contributed by atoms with E-state index in [0.717, 1.165) is 11.3 Å². The van der Waals surface area contributed by atoms with Gasteiger partial charge >= 0.3 is 0 Å². The van der Waals surface area contributed by atoms with E-state index in [9.17, 15) is 9.59 Å². The number of carbonyl (C=O) groups is 2. The lowest BCUT2D eigenvalue weighted by atomic mass is 9.87. The Bertz CT molecular complexity index is 929. The molecule has 4 rings (SSSR count). The van der Waals surface area contributed by atoms with Gasteiger partial charge in [-0.2, -0.15) is 0 Å². The largest absolute Gasteiger partial charge is 0.497 e. The Morgan fingerprint density at radius 3 is 2.53 bits per heavy atom. The predicted octanol–water partition coefficient (Wildman–Crippen LogP) is 3.06. The summed E-state index contributed by atoms with van der Waals surface area (Å²) in [7, 11) is 1.62. The van der Waals surface area contributed by atoms with E-state index in [2.05, 4.69) is 0 Å². The highest BCUT2D eigenvalue weighted by Gasteiger charge is 2.42. The summed E-state index contributed by atoms with van der Waals surface area (Å²) < 4.78 is 10.8. The molecule has 2 amide bonds. The molecule has 0 unspecified atom stereocenters. The van der Waals surface area contributed by atoms with Crippen molar-refractivity contribution < 1.29 is 19.1 Å². The Morgan fingerprint density at radius 1 is 1.03 bits per heavy atom. The van der Waals surface area contributed by atoms with Gasteiger partial charge in [0.2, 0.25) is 5.91 Å². The number of halogens is 1. The van der Waals surface area contributed by atoms with Crippen molar-refractivity contribution in [1.29, 1.82) is 0 Å². The molecule has 2 atom stereocenters. The number of methoxy groups -OCH3 is 1. The van der Waals surface area contributed by atoms with E-state index >= 15 is 0 Å². The van der Waals surface area contributed by atoms with E-state index in [-0.39, 0.29) is 23.7 Å². The van der Waals surface area contributed by atoms with Crippen LogP contribution in [-0.4, -0.2) is 68.1 Å². The molecule has 2 aromatic rings. The number of amides is 2. The number of carbonyl (C=O) groups excluding carboxylic acids is 2. The first-order valence-electron chi connectivity index (χ1n) is 10.1. The third-order valence-electron chi connectivity index (χ3n) is 5.84. The molecule has 2 heterocycles. The second-order valence-electron chi connectivity index (χ2n) is 7.65. The average Bonchev–Trinajstić information content (AvgIpc) is 3.24. The van der Waals surface area contributed by atoms with Crippen LogP contribution in [0.5, 0.6) is 5.75 Å². The molecule has 0 N–H and O–H groups in total. The molecule has 30 heavy (non-hydrogen) atoms. The van der Waals surface area contributed by atoms with Crippen molar-refractivity contribution >= 4 is 23.4 Å². The zero-order chi connectivity index (χ0) is 21.1. The van der Waals surface area contributed by atoms with Crippen molar-refractivity contribution in [3.8, 4) is 5.75 Å². The zero-order valence-corrected chi connectivity index (χ0v) is 17.7. The van der Waals surface area contributed by atoms with Gasteiger partial charge in [0.15, 0.2) is 0 Å². The molecule has 0 radical (unpaired) electrons. The molecular formula is C23H25ClN2O4. The zero-order valence-electron chi connectivity index (χ0n) is 16.9. The van der Waals surface area contributed by atoms with Gasteiger partial charge in [0.05, 0.1) is 26.2 Å². The summed E-state index contributed by atoms with van der Waals surface area (Å²) in [5.41, 5.74) is 1.54. The highest BCUT2D eigenvalue weighted by Crippen LogP contribution is 2.36. The molecule has 2 aliphatic rings. The quantitative estimate of drug-likeness (QED) is 0.751. The normalized spacial score (nSPS) is 21.5. The van der Waals surface area contributed by atoms with Gasteiger partial charge in [0.1, 0.15) is 5.75 Å². The highest BCUT2D eigenvalue weighted by atomic mass is 35.5. The Labute approximate surface area is 181 Å². The van der Waals surface area contributed by atoms with Crippen LogP contribution >= 0.6 is 11.6 Å². The number of ether oxygens (including phenoxy) is 2. The van der Waals surface area contributed by atoms with E-state index in [1.54, 1.807) is 36.3 Å². The lowest BCUT2D eigenvalue weighted by Gasteiger charge is -2.30. The molecule has 6 nitrogen and oxygen atoms in total. The van der Waals surface area contributed by atoms with Crippen LogP contribution in [0.3, 0.4) is 0 Å². The van der Waals surface area contributed by atoms with Crippen LogP contribution in [0.25, 0.3) is 0 Å². The van der Waals surface area contributed by atoms with Crippen LogP contribution in [0.4, 0.5) is 0 Å². The topological polar surface area (TPSA) is 59.1 Å². The van der Waals surface area contributed by atoms with Crippen molar-refractivity contribution in [3.63, 3.8) is 0 Å². The fraction of sp³-hybridized carbons (Fsp3) is 0.391. The van der Waals surface area contributed by atoms with Gasteiger partial charge in [-0.1, -0.05) is 29.8 Å². The monoisotopic (exact) mass is 428 g/mol. The molecule has 2 aromatic carbocycles. The smallest absolute Gasteiger partial charge is 0.253 e. The SMILES string of the molecule is COc1cccc([C@H]2CN(C(=O)c3cccc(Cl)c3)C[C@@H]2C(=O)N2CCOCC2)c1. The average molecular weight is 429 g/mol. The lowest BCUT2D eigenvalue weighted by Crippen LogP contribution is -2.45. The summed E-state index contributed by atoms with van der Waals surface area (Å²) in [5.74, 6) is 0.303. The summed E-state index contributed by atoms with van der Waals surface area (Å²) in [6.45, 7) is 3.12. The fourth-order valence-corrected chi connectivity index (χ4v) is 4.44. The van der Waals surface area contributed by atoms with Gasteiger partial charge in [-0.15, -0.1) is 0 Å². The second kappa shape index (κ2) is 9.06. The maximum absolute atomic E-state index is 13.4. The fourth-order valence-electron chi connectivity index (χ4n) is 4.25. The van der Waals surface area contributed by atoms with Crippen LogP contribution in [-0.2, 0) is 9.53 Å². The first kappa shape index (κ1) is 20.7. The lowest BCUT2D eigenvalue weighted by molar-refractivity contribution is -0.139. The summed E-state index contributed by atoms with van der Waals surface area (Å²) in [5, 5.41) is 0.519. The van der Waals surface area contributed by atoms with Gasteiger partial charge in [-0.05, 0) is 35.9 Å². The summed E-state index contributed by atoms with van der Waals surface area (Å²) >= 11 is 6.08. The van der Waals surface area contributed by atoms with E-state index < -0.39 is 0 Å². The number of morpholine rings is 1. The molecule has 0 saturated carbocycles. The first-order chi connectivity index (χ1) is 14.6. The molecule has 2 fully saturated rings. The van der Waals surface area contributed by atoms with Crippen LogP contribution in [0.15, 0.2) is 48.5 Å². The number of hydrogen-bond donors (Lipinski definition) is 0. The third kappa shape index (κ3) is 4.30. The van der Waals surface area contributed by atoms with E-state index in [4.69, 9.17) is 21.1 Å². The number of nitrogens with zero attached hydrogens (tertiary/aromatic N) is 2. The Balaban J connectivity index is 1.62. The number of likely N-dealkylation sites (tertiary alicyclic amines) is 1. The van der Waals surface area contributed by atoms with Gasteiger partial charge in [0, 0.05) is 42.7 Å². The molecular weight excluding hydrogens is 404 g/mol. The van der Waals surface area contributed by atoms with Crippen molar-refractivity contribution in [3.05, 3.63) is 64.7 Å². The van der Waals surface area contributed by atoms with E-state index in [0.29, 0.717) is 50.0 Å². The van der Waals surface area contributed by atoms with Gasteiger partial charge < -0.3 is 19.3 Å². The standard InChI is InChI=1S/C23H25ClN2O4/c1-29-19-7-3-4-16(13-19)20-14-26(22(27)17-5-2-6-18(24)12-17)15-21(20)23(28)25-8-10-30-11-9-25/h2-7,12-13,20-21H,8-11,14-15H2,1H3/t20-,21+/m1/s1. The molecule has 158 valence electrons. The van der Waals surface area contributed by atoms with Crippen molar-refractivity contribution in [2.75, 3.05) is 46.5 Å². The van der Waals surface area contributed by atoms with Crippen molar-refractivity contribution in [1.82, 2.24) is 9.80 Å². The predicted molar refractivity (Wildman–Crippen MR) is 114 cm³/mol. The molecule has 2 aliphatic heterocycles. The maximum Gasteiger partial charge on any atom is 0.253 e. The van der Waals surface area contributed by atoms with Gasteiger partial charge in [0.25, 0.3) is 5.91 Å². The third-order valence-corrected chi connectivity index (χ3v) is 6.08. The minimum Gasteiger partial charge on any atom is -0.497 e. The molecule has 0 aromatic heterocycles. The Hall–Kier alpha value is -2.57. The maximum atomic E-state index is 13.4. The van der Waals surface area contributed by atoms with Crippen LogP contribution in [0.2, 0.25) is 5.02 Å². The van der Waals surface area contributed by atoms with E-state index in [1.165, 1.54) is 0 Å². The minimum absolute atomic E-state index is 0.0764. The molecule has 0 bridgehead atoms. The number of rotatable bonds is 4.